The number of amides is 1. The summed E-state index contributed by atoms with van der Waals surface area (Å²) in [5.74, 6) is 0.857. The van der Waals surface area contributed by atoms with Gasteiger partial charge < -0.3 is 10.6 Å². The van der Waals surface area contributed by atoms with Crippen LogP contribution < -0.4 is 10.6 Å². The monoisotopic (exact) mass is 233 g/mol. The zero-order valence-electron chi connectivity index (χ0n) is 10.1. The van der Waals surface area contributed by atoms with Crippen molar-refractivity contribution in [2.24, 2.45) is 5.92 Å². The fourth-order valence-electron chi connectivity index (χ4n) is 1.74. The van der Waals surface area contributed by atoms with Gasteiger partial charge in [-0.15, -0.1) is 0 Å². The van der Waals surface area contributed by atoms with E-state index in [-0.39, 0.29) is 11.9 Å². The van der Waals surface area contributed by atoms with Crippen molar-refractivity contribution < 1.29 is 4.79 Å². The summed E-state index contributed by atoms with van der Waals surface area (Å²) in [7, 11) is 0. The average molecular weight is 233 g/mol. The van der Waals surface area contributed by atoms with Crippen molar-refractivity contribution in [1.29, 1.82) is 0 Å². The molecule has 0 radical (unpaired) electrons. The maximum absolute atomic E-state index is 11.6. The van der Waals surface area contributed by atoms with Crippen LogP contribution in [-0.4, -0.2) is 24.0 Å². The van der Waals surface area contributed by atoms with E-state index in [1.54, 1.807) is 12.4 Å². The highest BCUT2D eigenvalue weighted by Gasteiger charge is 2.20. The van der Waals surface area contributed by atoms with Crippen molar-refractivity contribution in [3.05, 3.63) is 30.1 Å². The van der Waals surface area contributed by atoms with Gasteiger partial charge in [0.15, 0.2) is 0 Å². The fraction of sp³-hybridized carbons (Fsp3) is 0.538. The van der Waals surface area contributed by atoms with Crippen LogP contribution in [0.15, 0.2) is 24.5 Å². The van der Waals surface area contributed by atoms with Crippen LogP contribution in [-0.2, 0) is 4.79 Å². The Hall–Kier alpha value is -1.42. The topological polar surface area (TPSA) is 54.0 Å². The van der Waals surface area contributed by atoms with Crippen LogP contribution in [0.4, 0.5) is 0 Å². The van der Waals surface area contributed by atoms with E-state index in [1.807, 2.05) is 19.1 Å². The third-order valence-electron chi connectivity index (χ3n) is 3.00. The molecular weight excluding hydrogens is 214 g/mol. The number of rotatable bonds is 6. The Balaban J connectivity index is 1.69. The molecule has 1 saturated carbocycles. The predicted molar refractivity (Wildman–Crippen MR) is 66.4 cm³/mol. The minimum absolute atomic E-state index is 0.0354. The van der Waals surface area contributed by atoms with Gasteiger partial charge in [-0.2, -0.15) is 0 Å². The van der Waals surface area contributed by atoms with Gasteiger partial charge in [-0.3, -0.25) is 9.78 Å². The Morgan fingerprint density at radius 1 is 1.47 bits per heavy atom. The van der Waals surface area contributed by atoms with Crippen LogP contribution in [0.5, 0.6) is 0 Å². The van der Waals surface area contributed by atoms with Gasteiger partial charge in [-0.25, -0.2) is 0 Å². The molecule has 2 rings (SSSR count). The SMILES string of the molecule is C[C@H](NC(=O)CNCC1CC1)c1ccncc1. The molecule has 4 heteroatoms. The molecule has 0 aromatic carbocycles. The van der Waals surface area contributed by atoms with Crippen molar-refractivity contribution in [2.75, 3.05) is 13.1 Å². The van der Waals surface area contributed by atoms with Crippen LogP contribution in [0, 0.1) is 5.92 Å². The first-order valence-electron chi connectivity index (χ1n) is 6.15. The summed E-state index contributed by atoms with van der Waals surface area (Å²) in [5, 5.41) is 6.14. The van der Waals surface area contributed by atoms with Gasteiger partial charge in [0.05, 0.1) is 12.6 Å². The number of hydrogen-bond acceptors (Lipinski definition) is 3. The molecule has 0 aliphatic heterocycles. The number of nitrogens with one attached hydrogen (secondary N) is 2. The second kappa shape index (κ2) is 5.77. The number of carbonyl (C=O) groups is 1. The van der Waals surface area contributed by atoms with Gasteiger partial charge in [-0.05, 0) is 49.9 Å². The Bertz CT molecular complexity index is 362. The molecule has 0 unspecified atom stereocenters. The summed E-state index contributed by atoms with van der Waals surface area (Å²) >= 11 is 0. The number of hydrogen-bond donors (Lipinski definition) is 2. The first-order valence-corrected chi connectivity index (χ1v) is 6.15. The molecule has 0 spiro atoms. The molecule has 4 nitrogen and oxygen atoms in total. The highest BCUT2D eigenvalue weighted by Crippen LogP contribution is 2.27. The Morgan fingerprint density at radius 2 is 2.18 bits per heavy atom. The smallest absolute Gasteiger partial charge is 0.234 e. The minimum Gasteiger partial charge on any atom is -0.348 e. The largest absolute Gasteiger partial charge is 0.348 e. The van der Waals surface area contributed by atoms with Crippen molar-refractivity contribution in [3.63, 3.8) is 0 Å². The molecule has 17 heavy (non-hydrogen) atoms. The molecular formula is C13H19N3O. The predicted octanol–water partition coefficient (Wildman–Crippen LogP) is 1.26. The van der Waals surface area contributed by atoms with Crippen molar-refractivity contribution in [1.82, 2.24) is 15.6 Å². The first-order chi connectivity index (χ1) is 8.25. The molecule has 1 fully saturated rings. The summed E-state index contributed by atoms with van der Waals surface area (Å²) < 4.78 is 0. The van der Waals surface area contributed by atoms with E-state index in [0.717, 1.165) is 18.0 Å². The van der Waals surface area contributed by atoms with E-state index in [4.69, 9.17) is 0 Å². The molecule has 1 atom stereocenters. The number of pyridine rings is 1. The Kier molecular flexibility index (Phi) is 4.09. The van der Waals surface area contributed by atoms with E-state index in [2.05, 4.69) is 15.6 Å². The molecule has 1 heterocycles. The summed E-state index contributed by atoms with van der Waals surface area (Å²) in [6, 6.07) is 3.87. The third kappa shape index (κ3) is 4.15. The second-order valence-electron chi connectivity index (χ2n) is 4.64. The third-order valence-corrected chi connectivity index (χ3v) is 3.00. The maximum Gasteiger partial charge on any atom is 0.234 e. The molecule has 1 aliphatic carbocycles. The lowest BCUT2D eigenvalue weighted by Gasteiger charge is -2.14. The second-order valence-corrected chi connectivity index (χ2v) is 4.64. The number of nitrogens with zero attached hydrogens (tertiary/aromatic N) is 1. The van der Waals surface area contributed by atoms with Crippen LogP contribution in [0.25, 0.3) is 0 Å². The average Bonchev–Trinajstić information content (AvgIpc) is 3.14. The summed E-state index contributed by atoms with van der Waals surface area (Å²) in [6.45, 7) is 3.36. The van der Waals surface area contributed by atoms with E-state index in [0.29, 0.717) is 6.54 Å². The zero-order valence-corrected chi connectivity index (χ0v) is 10.1. The highest BCUT2D eigenvalue weighted by atomic mass is 16.1. The summed E-state index contributed by atoms with van der Waals surface area (Å²) in [5.41, 5.74) is 1.08. The highest BCUT2D eigenvalue weighted by molar-refractivity contribution is 5.78. The molecule has 1 aromatic heterocycles. The van der Waals surface area contributed by atoms with Crippen LogP contribution in [0.2, 0.25) is 0 Å². The normalized spacial score (nSPS) is 16.5. The first kappa shape index (κ1) is 12.0. The molecule has 0 saturated heterocycles. The molecule has 92 valence electrons. The van der Waals surface area contributed by atoms with Gasteiger partial charge in [0, 0.05) is 12.4 Å². The van der Waals surface area contributed by atoms with Crippen molar-refractivity contribution in [3.8, 4) is 0 Å². The lowest BCUT2D eigenvalue weighted by molar-refractivity contribution is -0.120. The van der Waals surface area contributed by atoms with E-state index >= 15 is 0 Å². The Morgan fingerprint density at radius 3 is 2.82 bits per heavy atom. The number of aromatic nitrogens is 1. The standard InChI is InChI=1S/C13H19N3O/c1-10(12-4-6-14-7-5-12)16-13(17)9-15-8-11-2-3-11/h4-7,10-11,15H,2-3,8-9H2,1H3,(H,16,17)/t10-/m0/s1. The quantitative estimate of drug-likeness (QED) is 0.777. The lowest BCUT2D eigenvalue weighted by Crippen LogP contribution is -2.36. The summed E-state index contributed by atoms with van der Waals surface area (Å²) in [6.07, 6.45) is 6.09. The van der Waals surface area contributed by atoms with Crippen LogP contribution in [0.3, 0.4) is 0 Å². The fourth-order valence-corrected chi connectivity index (χ4v) is 1.74. The van der Waals surface area contributed by atoms with E-state index in [9.17, 15) is 4.79 Å². The summed E-state index contributed by atoms with van der Waals surface area (Å²) in [4.78, 5) is 15.6. The van der Waals surface area contributed by atoms with E-state index in [1.165, 1.54) is 12.8 Å². The van der Waals surface area contributed by atoms with Gasteiger partial charge in [-0.1, -0.05) is 0 Å². The minimum atomic E-state index is 0.0354. The van der Waals surface area contributed by atoms with Gasteiger partial charge >= 0.3 is 0 Å². The molecule has 1 aromatic rings. The van der Waals surface area contributed by atoms with Crippen LogP contribution in [0.1, 0.15) is 31.4 Å². The van der Waals surface area contributed by atoms with E-state index < -0.39 is 0 Å². The maximum atomic E-state index is 11.6. The molecule has 1 amide bonds. The van der Waals surface area contributed by atoms with Crippen LogP contribution >= 0.6 is 0 Å². The zero-order chi connectivity index (χ0) is 12.1. The van der Waals surface area contributed by atoms with Gasteiger partial charge in [0.25, 0.3) is 0 Å². The van der Waals surface area contributed by atoms with Gasteiger partial charge in [0.1, 0.15) is 0 Å². The van der Waals surface area contributed by atoms with Crippen molar-refractivity contribution >= 4 is 5.91 Å². The molecule has 1 aliphatic rings. The van der Waals surface area contributed by atoms with Gasteiger partial charge in [0.2, 0.25) is 5.91 Å². The molecule has 0 bridgehead atoms. The Labute approximate surface area is 102 Å². The van der Waals surface area contributed by atoms with Crippen molar-refractivity contribution in [2.45, 2.75) is 25.8 Å². The number of carbonyl (C=O) groups excluding carboxylic acids is 1. The lowest BCUT2D eigenvalue weighted by atomic mass is 10.1. The molecule has 2 N–H and O–H groups in total.